The lowest BCUT2D eigenvalue weighted by Gasteiger charge is -2.33. The molecule has 1 aliphatic carbocycles. The minimum atomic E-state index is -0.645. The highest BCUT2D eigenvalue weighted by Crippen LogP contribution is 2.53. The molecule has 0 bridgehead atoms. The Bertz CT molecular complexity index is 276. The Hall–Kier alpha value is -1.01. The highest BCUT2D eigenvalue weighted by atomic mass is 16.5. The maximum Gasteiger partial charge on any atom is 0.326 e. The molecule has 0 saturated heterocycles. The van der Waals surface area contributed by atoms with Crippen molar-refractivity contribution in [3.63, 3.8) is 0 Å². The second kappa shape index (κ2) is 3.62. The molecular formula is C11H17NO2. The average Bonchev–Trinajstić information content (AvgIpc) is 2.93. The zero-order valence-electron chi connectivity index (χ0n) is 9.02. The van der Waals surface area contributed by atoms with Gasteiger partial charge in [-0.15, -0.1) is 6.42 Å². The van der Waals surface area contributed by atoms with Crippen LogP contribution in [0.15, 0.2) is 0 Å². The summed E-state index contributed by atoms with van der Waals surface area (Å²) in [6.45, 7) is 4.33. The summed E-state index contributed by atoms with van der Waals surface area (Å²) >= 11 is 0. The van der Waals surface area contributed by atoms with E-state index in [1.165, 1.54) is 7.11 Å². The van der Waals surface area contributed by atoms with Crippen molar-refractivity contribution in [3.8, 4) is 12.3 Å². The van der Waals surface area contributed by atoms with E-state index in [-0.39, 0.29) is 11.4 Å². The molecule has 1 rings (SSSR count). The van der Waals surface area contributed by atoms with Crippen molar-refractivity contribution >= 4 is 5.97 Å². The number of carbonyl (C=O) groups is 1. The van der Waals surface area contributed by atoms with E-state index in [1.54, 1.807) is 0 Å². The van der Waals surface area contributed by atoms with Gasteiger partial charge in [0.25, 0.3) is 0 Å². The minimum absolute atomic E-state index is 0.00303. The molecule has 1 atom stereocenters. The first-order valence-corrected chi connectivity index (χ1v) is 4.77. The first-order valence-electron chi connectivity index (χ1n) is 4.77. The molecule has 0 radical (unpaired) electrons. The molecule has 78 valence electrons. The third kappa shape index (κ3) is 1.62. The largest absolute Gasteiger partial charge is 0.468 e. The van der Waals surface area contributed by atoms with E-state index in [9.17, 15) is 4.79 Å². The molecule has 0 aromatic carbocycles. The van der Waals surface area contributed by atoms with Crippen LogP contribution in [-0.2, 0) is 9.53 Å². The SMILES string of the molecule is C#CCNC(C)(C(=O)OC)C1(C)CC1. The van der Waals surface area contributed by atoms with Crippen LogP contribution in [0.5, 0.6) is 0 Å². The summed E-state index contributed by atoms with van der Waals surface area (Å²) in [5.41, 5.74) is -0.648. The van der Waals surface area contributed by atoms with Crippen molar-refractivity contribution in [1.82, 2.24) is 5.32 Å². The number of nitrogens with one attached hydrogen (secondary N) is 1. The third-order valence-corrected chi connectivity index (χ3v) is 3.34. The number of methoxy groups -OCH3 is 1. The van der Waals surface area contributed by atoms with E-state index in [0.717, 1.165) is 12.8 Å². The molecule has 0 heterocycles. The van der Waals surface area contributed by atoms with Gasteiger partial charge < -0.3 is 4.74 Å². The van der Waals surface area contributed by atoms with Crippen molar-refractivity contribution in [1.29, 1.82) is 0 Å². The quantitative estimate of drug-likeness (QED) is 0.536. The molecule has 3 nitrogen and oxygen atoms in total. The summed E-state index contributed by atoms with van der Waals surface area (Å²) < 4.78 is 4.81. The topological polar surface area (TPSA) is 38.3 Å². The molecule has 1 saturated carbocycles. The van der Waals surface area contributed by atoms with Crippen molar-refractivity contribution < 1.29 is 9.53 Å². The van der Waals surface area contributed by atoms with Crippen LogP contribution in [0.2, 0.25) is 0 Å². The molecule has 0 aromatic heterocycles. The summed E-state index contributed by atoms with van der Waals surface area (Å²) in [5.74, 6) is 2.25. The molecule has 0 amide bonds. The maximum atomic E-state index is 11.7. The molecule has 0 aromatic rings. The third-order valence-electron chi connectivity index (χ3n) is 3.34. The lowest BCUT2D eigenvalue weighted by molar-refractivity contribution is -0.150. The van der Waals surface area contributed by atoms with E-state index >= 15 is 0 Å². The Morgan fingerprint density at radius 3 is 2.64 bits per heavy atom. The lowest BCUT2D eigenvalue weighted by atomic mass is 9.83. The van der Waals surface area contributed by atoms with Crippen LogP contribution in [0.3, 0.4) is 0 Å². The Morgan fingerprint density at radius 2 is 2.29 bits per heavy atom. The molecular weight excluding hydrogens is 178 g/mol. The van der Waals surface area contributed by atoms with Gasteiger partial charge in [-0.2, -0.15) is 0 Å². The Balaban J connectivity index is 2.80. The number of hydrogen-bond acceptors (Lipinski definition) is 3. The summed E-state index contributed by atoms with van der Waals surface area (Å²) in [7, 11) is 1.41. The Morgan fingerprint density at radius 1 is 1.71 bits per heavy atom. The van der Waals surface area contributed by atoms with E-state index in [1.807, 2.05) is 6.92 Å². The second-order valence-electron chi connectivity index (χ2n) is 4.23. The fourth-order valence-electron chi connectivity index (χ4n) is 1.65. The number of carbonyl (C=O) groups excluding carboxylic acids is 1. The van der Waals surface area contributed by atoms with Crippen molar-refractivity contribution in [2.24, 2.45) is 5.41 Å². The normalized spacial score (nSPS) is 21.9. The minimum Gasteiger partial charge on any atom is -0.468 e. The highest BCUT2D eigenvalue weighted by molar-refractivity contribution is 5.82. The number of hydrogen-bond donors (Lipinski definition) is 1. The molecule has 14 heavy (non-hydrogen) atoms. The number of esters is 1. The van der Waals surface area contributed by atoms with Gasteiger partial charge in [-0.1, -0.05) is 12.8 Å². The van der Waals surface area contributed by atoms with Gasteiger partial charge in [0.1, 0.15) is 5.54 Å². The summed E-state index contributed by atoms with van der Waals surface area (Å²) in [6.07, 6.45) is 7.25. The first kappa shape index (κ1) is 11.1. The van der Waals surface area contributed by atoms with E-state index in [2.05, 4.69) is 18.2 Å². The van der Waals surface area contributed by atoms with Crippen molar-refractivity contribution in [2.75, 3.05) is 13.7 Å². The monoisotopic (exact) mass is 195 g/mol. The van der Waals surface area contributed by atoms with Gasteiger partial charge in [0.2, 0.25) is 0 Å². The van der Waals surface area contributed by atoms with Gasteiger partial charge in [-0.3, -0.25) is 10.1 Å². The number of ether oxygens (including phenoxy) is 1. The number of rotatable bonds is 4. The molecule has 1 unspecified atom stereocenters. The lowest BCUT2D eigenvalue weighted by Crippen LogP contribution is -2.56. The van der Waals surface area contributed by atoms with Crippen molar-refractivity contribution in [2.45, 2.75) is 32.2 Å². The van der Waals surface area contributed by atoms with Gasteiger partial charge >= 0.3 is 5.97 Å². The van der Waals surface area contributed by atoms with Crippen LogP contribution in [0.1, 0.15) is 26.7 Å². The molecule has 1 aliphatic rings. The predicted molar refractivity (Wildman–Crippen MR) is 54.6 cm³/mol. The zero-order chi connectivity index (χ0) is 10.8. The van der Waals surface area contributed by atoms with Crippen LogP contribution >= 0.6 is 0 Å². The van der Waals surface area contributed by atoms with Crippen molar-refractivity contribution in [3.05, 3.63) is 0 Å². The van der Waals surface area contributed by atoms with Gasteiger partial charge in [-0.25, -0.2) is 0 Å². The van der Waals surface area contributed by atoms with Crippen LogP contribution in [-0.4, -0.2) is 25.2 Å². The Labute approximate surface area is 85.2 Å². The van der Waals surface area contributed by atoms with E-state index < -0.39 is 5.54 Å². The van der Waals surface area contributed by atoms with Crippen LogP contribution in [0.4, 0.5) is 0 Å². The molecule has 0 aliphatic heterocycles. The fourth-order valence-corrected chi connectivity index (χ4v) is 1.65. The standard InChI is InChI=1S/C11H17NO2/c1-5-8-12-11(3,9(13)14-4)10(2)6-7-10/h1,12H,6-8H2,2-4H3. The smallest absolute Gasteiger partial charge is 0.326 e. The average molecular weight is 195 g/mol. The molecule has 1 N–H and O–H groups in total. The van der Waals surface area contributed by atoms with Gasteiger partial charge in [-0.05, 0) is 25.2 Å². The molecule has 3 heteroatoms. The van der Waals surface area contributed by atoms with Gasteiger partial charge in [0, 0.05) is 0 Å². The van der Waals surface area contributed by atoms with Gasteiger partial charge in [0.15, 0.2) is 0 Å². The summed E-state index contributed by atoms with van der Waals surface area (Å²) in [4.78, 5) is 11.7. The maximum absolute atomic E-state index is 11.7. The fraction of sp³-hybridized carbons (Fsp3) is 0.727. The van der Waals surface area contributed by atoms with Crippen LogP contribution in [0.25, 0.3) is 0 Å². The summed E-state index contributed by atoms with van der Waals surface area (Å²) in [5, 5.41) is 3.09. The zero-order valence-corrected chi connectivity index (χ0v) is 9.02. The van der Waals surface area contributed by atoms with Crippen LogP contribution in [0, 0.1) is 17.8 Å². The van der Waals surface area contributed by atoms with Gasteiger partial charge in [0.05, 0.1) is 13.7 Å². The molecule has 0 spiro atoms. The van der Waals surface area contributed by atoms with Crippen LogP contribution < -0.4 is 5.32 Å². The predicted octanol–water partition coefficient (Wildman–Crippen LogP) is 0.941. The molecule has 1 fully saturated rings. The first-order chi connectivity index (χ1) is 6.50. The second-order valence-corrected chi connectivity index (χ2v) is 4.23. The summed E-state index contributed by atoms with van der Waals surface area (Å²) in [6, 6.07) is 0. The number of terminal acetylenes is 1. The van der Waals surface area contributed by atoms with E-state index in [4.69, 9.17) is 11.2 Å². The highest BCUT2D eigenvalue weighted by Gasteiger charge is 2.57. The Kier molecular flexibility index (Phi) is 2.86. The van der Waals surface area contributed by atoms with E-state index in [0.29, 0.717) is 6.54 Å².